The zero-order chi connectivity index (χ0) is 17.4. The summed E-state index contributed by atoms with van der Waals surface area (Å²) in [5, 5.41) is 5.05. The number of benzene rings is 1. The van der Waals surface area contributed by atoms with E-state index in [0.717, 1.165) is 11.8 Å². The fourth-order valence-corrected chi connectivity index (χ4v) is 3.91. The van der Waals surface area contributed by atoms with Crippen LogP contribution >= 0.6 is 0 Å². The molecule has 1 aliphatic rings. The molecule has 0 spiro atoms. The van der Waals surface area contributed by atoms with Gasteiger partial charge in [-0.05, 0) is 66.2 Å². The van der Waals surface area contributed by atoms with Crippen molar-refractivity contribution in [3.8, 4) is 5.69 Å². The molecule has 2 nitrogen and oxygen atoms in total. The lowest BCUT2D eigenvalue weighted by Crippen LogP contribution is -2.21. The number of fused-ring (bicyclic) bond motifs is 1. The van der Waals surface area contributed by atoms with Crippen molar-refractivity contribution in [2.75, 3.05) is 0 Å². The van der Waals surface area contributed by atoms with E-state index in [9.17, 15) is 0 Å². The van der Waals surface area contributed by atoms with Gasteiger partial charge in [0.25, 0.3) is 0 Å². The van der Waals surface area contributed by atoms with E-state index < -0.39 is 0 Å². The van der Waals surface area contributed by atoms with Gasteiger partial charge in [0.05, 0.1) is 11.4 Å². The molecule has 1 atom stereocenters. The summed E-state index contributed by atoms with van der Waals surface area (Å²) < 4.78 is 2.24. The summed E-state index contributed by atoms with van der Waals surface area (Å²) in [6.07, 6.45) is 3.66. The van der Waals surface area contributed by atoms with Gasteiger partial charge in [0.1, 0.15) is 0 Å². The molecule has 1 aromatic heterocycles. The maximum absolute atomic E-state index is 5.05. The van der Waals surface area contributed by atoms with Crippen LogP contribution < -0.4 is 0 Å². The SMILES string of the molecule is CC(C)c1ccc(-n2nc(C(C)C)c3c2CC(C(C)C)CC3)cc1. The minimum Gasteiger partial charge on any atom is -0.237 e. The number of hydrogen-bond acceptors (Lipinski definition) is 1. The molecule has 0 N–H and O–H groups in total. The highest BCUT2D eigenvalue weighted by Crippen LogP contribution is 2.35. The Morgan fingerprint density at radius 3 is 2.17 bits per heavy atom. The smallest absolute Gasteiger partial charge is 0.0689 e. The van der Waals surface area contributed by atoms with Gasteiger partial charge < -0.3 is 0 Å². The van der Waals surface area contributed by atoms with Gasteiger partial charge >= 0.3 is 0 Å². The Bertz CT molecular complexity index is 690. The summed E-state index contributed by atoms with van der Waals surface area (Å²) in [6, 6.07) is 9.00. The Morgan fingerprint density at radius 1 is 0.958 bits per heavy atom. The van der Waals surface area contributed by atoms with Crippen molar-refractivity contribution in [2.24, 2.45) is 11.8 Å². The van der Waals surface area contributed by atoms with Crippen LogP contribution in [0.25, 0.3) is 5.69 Å². The topological polar surface area (TPSA) is 17.8 Å². The molecule has 0 saturated heterocycles. The van der Waals surface area contributed by atoms with Crippen molar-refractivity contribution < 1.29 is 0 Å². The van der Waals surface area contributed by atoms with Crippen molar-refractivity contribution in [3.05, 3.63) is 46.8 Å². The largest absolute Gasteiger partial charge is 0.237 e. The Balaban J connectivity index is 2.04. The Kier molecular flexibility index (Phi) is 4.85. The predicted molar refractivity (Wildman–Crippen MR) is 102 cm³/mol. The molecular formula is C22H32N2. The van der Waals surface area contributed by atoms with Crippen LogP contribution in [-0.4, -0.2) is 9.78 Å². The molecule has 3 rings (SSSR count). The maximum Gasteiger partial charge on any atom is 0.0689 e. The number of nitrogens with zero attached hydrogens (tertiary/aromatic N) is 2. The second kappa shape index (κ2) is 6.74. The second-order valence-corrected chi connectivity index (χ2v) is 8.37. The lowest BCUT2D eigenvalue weighted by atomic mass is 9.79. The van der Waals surface area contributed by atoms with Gasteiger partial charge in [0.2, 0.25) is 0 Å². The highest BCUT2D eigenvalue weighted by molar-refractivity contribution is 5.41. The summed E-state index contributed by atoms with van der Waals surface area (Å²) in [7, 11) is 0. The minimum absolute atomic E-state index is 0.491. The summed E-state index contributed by atoms with van der Waals surface area (Å²) in [5.41, 5.74) is 6.90. The van der Waals surface area contributed by atoms with Gasteiger partial charge in [-0.2, -0.15) is 5.10 Å². The standard InChI is InChI=1S/C22H32N2/c1-14(2)17-7-10-19(11-8-17)24-21-13-18(15(3)4)9-12-20(21)22(23-24)16(5)6/h7-8,10-11,14-16,18H,9,12-13H2,1-6H3. The molecule has 24 heavy (non-hydrogen) atoms. The average molecular weight is 325 g/mol. The van der Waals surface area contributed by atoms with E-state index in [1.54, 1.807) is 0 Å². The molecular weight excluding hydrogens is 292 g/mol. The maximum atomic E-state index is 5.05. The van der Waals surface area contributed by atoms with Crippen molar-refractivity contribution in [1.82, 2.24) is 9.78 Å². The molecule has 1 aromatic carbocycles. The summed E-state index contributed by atoms with van der Waals surface area (Å²) in [4.78, 5) is 0. The van der Waals surface area contributed by atoms with E-state index in [-0.39, 0.29) is 0 Å². The van der Waals surface area contributed by atoms with Crippen molar-refractivity contribution >= 4 is 0 Å². The first kappa shape index (κ1) is 17.3. The number of rotatable bonds is 4. The molecule has 1 aliphatic carbocycles. The lowest BCUT2D eigenvalue weighted by molar-refractivity contribution is 0.337. The number of hydrogen-bond donors (Lipinski definition) is 0. The number of aromatic nitrogens is 2. The monoisotopic (exact) mass is 324 g/mol. The van der Waals surface area contributed by atoms with Crippen LogP contribution in [0.4, 0.5) is 0 Å². The molecule has 0 bridgehead atoms. The second-order valence-electron chi connectivity index (χ2n) is 8.37. The molecule has 0 aliphatic heterocycles. The van der Waals surface area contributed by atoms with Crippen LogP contribution in [0.5, 0.6) is 0 Å². The summed E-state index contributed by atoms with van der Waals surface area (Å²) in [6.45, 7) is 13.7. The van der Waals surface area contributed by atoms with Crippen molar-refractivity contribution in [1.29, 1.82) is 0 Å². The van der Waals surface area contributed by atoms with E-state index in [4.69, 9.17) is 5.10 Å². The van der Waals surface area contributed by atoms with Crippen LogP contribution in [0.15, 0.2) is 24.3 Å². The van der Waals surface area contributed by atoms with E-state index >= 15 is 0 Å². The van der Waals surface area contributed by atoms with Gasteiger partial charge in [-0.1, -0.05) is 53.7 Å². The van der Waals surface area contributed by atoms with Crippen LogP contribution in [0.3, 0.4) is 0 Å². The van der Waals surface area contributed by atoms with Crippen LogP contribution in [0.2, 0.25) is 0 Å². The predicted octanol–water partition coefficient (Wildman–Crippen LogP) is 5.88. The van der Waals surface area contributed by atoms with Crippen molar-refractivity contribution in [3.63, 3.8) is 0 Å². The van der Waals surface area contributed by atoms with Crippen LogP contribution in [0.1, 0.15) is 82.3 Å². The molecule has 0 fully saturated rings. The molecule has 1 heterocycles. The van der Waals surface area contributed by atoms with Crippen LogP contribution in [-0.2, 0) is 12.8 Å². The van der Waals surface area contributed by atoms with Gasteiger partial charge in [-0.3, -0.25) is 0 Å². The van der Waals surface area contributed by atoms with E-state index in [1.165, 1.54) is 47.5 Å². The zero-order valence-corrected chi connectivity index (χ0v) is 16.1. The molecule has 130 valence electrons. The van der Waals surface area contributed by atoms with Gasteiger partial charge in [-0.25, -0.2) is 4.68 Å². The van der Waals surface area contributed by atoms with Gasteiger partial charge in [0, 0.05) is 5.69 Å². The normalized spacial score (nSPS) is 17.8. The quantitative estimate of drug-likeness (QED) is 0.686. The third-order valence-corrected chi connectivity index (χ3v) is 5.64. The average Bonchev–Trinajstić information content (AvgIpc) is 2.93. The molecule has 2 aromatic rings. The first-order valence-electron chi connectivity index (χ1n) is 9.59. The first-order valence-corrected chi connectivity index (χ1v) is 9.59. The highest BCUT2D eigenvalue weighted by Gasteiger charge is 2.29. The van der Waals surface area contributed by atoms with Gasteiger partial charge in [0.15, 0.2) is 0 Å². The molecule has 0 saturated carbocycles. The van der Waals surface area contributed by atoms with E-state index in [0.29, 0.717) is 11.8 Å². The van der Waals surface area contributed by atoms with E-state index in [2.05, 4.69) is 70.5 Å². The Hall–Kier alpha value is -1.57. The molecule has 1 unspecified atom stereocenters. The lowest BCUT2D eigenvalue weighted by Gasteiger charge is -2.27. The van der Waals surface area contributed by atoms with Gasteiger partial charge in [-0.15, -0.1) is 0 Å². The van der Waals surface area contributed by atoms with E-state index in [1.807, 2.05) is 0 Å². The molecule has 0 radical (unpaired) electrons. The third-order valence-electron chi connectivity index (χ3n) is 5.64. The zero-order valence-electron chi connectivity index (χ0n) is 16.1. The summed E-state index contributed by atoms with van der Waals surface area (Å²) in [5.74, 6) is 2.59. The fraction of sp³-hybridized carbons (Fsp3) is 0.591. The highest BCUT2D eigenvalue weighted by atomic mass is 15.3. The van der Waals surface area contributed by atoms with Crippen LogP contribution in [0, 0.1) is 11.8 Å². The first-order chi connectivity index (χ1) is 11.4. The summed E-state index contributed by atoms with van der Waals surface area (Å²) >= 11 is 0. The molecule has 0 amide bonds. The van der Waals surface area contributed by atoms with Crippen molar-refractivity contribution in [2.45, 2.75) is 72.6 Å². The Labute approximate surface area is 147 Å². The molecule has 2 heteroatoms. The third kappa shape index (κ3) is 3.16. The fourth-order valence-electron chi connectivity index (χ4n) is 3.91. The minimum atomic E-state index is 0.491. The Morgan fingerprint density at radius 2 is 1.62 bits per heavy atom.